The molecule has 142 valence electrons. The van der Waals surface area contributed by atoms with Crippen molar-refractivity contribution < 1.29 is 4.21 Å². The van der Waals surface area contributed by atoms with Gasteiger partial charge in [0.2, 0.25) is 0 Å². The molecule has 4 nitrogen and oxygen atoms in total. The van der Waals surface area contributed by atoms with Crippen LogP contribution in [0, 0.1) is 5.41 Å². The molecule has 2 atom stereocenters. The normalized spacial score (nSPS) is 22.2. The third-order valence-corrected chi connectivity index (χ3v) is 6.10. The Morgan fingerprint density at radius 3 is 2.72 bits per heavy atom. The molecule has 0 amide bonds. The highest BCUT2D eigenvalue weighted by Crippen LogP contribution is 2.33. The molecule has 0 aromatic heterocycles. The zero-order chi connectivity index (χ0) is 17.4. The summed E-state index contributed by atoms with van der Waals surface area (Å²) in [5, 5.41) is 3.40. The lowest BCUT2D eigenvalue weighted by Crippen LogP contribution is -2.50. The van der Waals surface area contributed by atoms with E-state index in [9.17, 15) is 4.21 Å². The maximum Gasteiger partial charge on any atom is 0.193 e. The monoisotopic (exact) mass is 477 g/mol. The minimum absolute atomic E-state index is 0. The van der Waals surface area contributed by atoms with Crippen LogP contribution in [0.25, 0.3) is 0 Å². The van der Waals surface area contributed by atoms with E-state index in [-0.39, 0.29) is 24.0 Å². The Morgan fingerprint density at radius 2 is 2.08 bits per heavy atom. The molecule has 1 aromatic rings. The van der Waals surface area contributed by atoms with Crippen molar-refractivity contribution in [1.82, 2.24) is 10.2 Å². The van der Waals surface area contributed by atoms with Crippen molar-refractivity contribution in [2.75, 3.05) is 32.4 Å². The number of guanidine groups is 1. The van der Waals surface area contributed by atoms with Crippen LogP contribution in [0.4, 0.5) is 0 Å². The van der Waals surface area contributed by atoms with Gasteiger partial charge in [0.15, 0.2) is 5.96 Å². The number of benzene rings is 1. The molecule has 1 aromatic carbocycles. The van der Waals surface area contributed by atoms with Gasteiger partial charge in [0.25, 0.3) is 0 Å². The first kappa shape index (κ1) is 22.4. The fourth-order valence-electron chi connectivity index (χ4n) is 3.58. The van der Waals surface area contributed by atoms with Crippen LogP contribution in [0.3, 0.4) is 0 Å². The summed E-state index contributed by atoms with van der Waals surface area (Å²) in [6.45, 7) is 7.44. The highest BCUT2D eigenvalue weighted by atomic mass is 127. The number of likely N-dealkylation sites (tertiary alicyclic amines) is 1. The van der Waals surface area contributed by atoms with Crippen LogP contribution in [-0.4, -0.2) is 47.5 Å². The lowest BCUT2D eigenvalue weighted by atomic mass is 9.78. The minimum atomic E-state index is -0.961. The minimum Gasteiger partial charge on any atom is -0.355 e. The van der Waals surface area contributed by atoms with Crippen molar-refractivity contribution >= 4 is 40.7 Å². The average Bonchev–Trinajstić information content (AvgIpc) is 2.59. The van der Waals surface area contributed by atoms with Gasteiger partial charge in [-0.25, -0.2) is 0 Å². The summed E-state index contributed by atoms with van der Waals surface area (Å²) in [7, 11) is 0.874. The molecule has 2 rings (SSSR count). The van der Waals surface area contributed by atoms with Crippen LogP contribution in [0.15, 0.2) is 40.2 Å². The Balaban J connectivity index is 0.00000312. The highest BCUT2D eigenvalue weighted by Gasteiger charge is 2.31. The molecule has 25 heavy (non-hydrogen) atoms. The van der Waals surface area contributed by atoms with E-state index in [1.165, 1.54) is 25.7 Å². The van der Waals surface area contributed by atoms with Crippen LogP contribution < -0.4 is 5.32 Å². The van der Waals surface area contributed by atoms with Gasteiger partial charge in [0.05, 0.1) is 10.8 Å². The van der Waals surface area contributed by atoms with Gasteiger partial charge in [-0.3, -0.25) is 9.20 Å². The summed E-state index contributed by atoms with van der Waals surface area (Å²) in [4.78, 5) is 7.70. The second-order valence-corrected chi connectivity index (χ2v) is 8.49. The van der Waals surface area contributed by atoms with Crippen LogP contribution in [0.2, 0.25) is 0 Å². The van der Waals surface area contributed by atoms with E-state index in [1.54, 1.807) is 0 Å². The number of piperidine rings is 1. The smallest absolute Gasteiger partial charge is 0.193 e. The van der Waals surface area contributed by atoms with Gasteiger partial charge in [-0.2, -0.15) is 0 Å². The van der Waals surface area contributed by atoms with Crippen molar-refractivity contribution in [2.24, 2.45) is 10.4 Å². The van der Waals surface area contributed by atoms with Gasteiger partial charge in [-0.15, -0.1) is 24.0 Å². The first-order valence-corrected chi connectivity index (χ1v) is 10.3. The molecule has 0 bridgehead atoms. The third-order valence-electron chi connectivity index (χ3n) is 4.72. The van der Waals surface area contributed by atoms with Crippen molar-refractivity contribution in [3.8, 4) is 0 Å². The van der Waals surface area contributed by atoms with Gasteiger partial charge in [0, 0.05) is 37.3 Å². The summed E-state index contributed by atoms with van der Waals surface area (Å²) in [6.07, 6.45) is 5.00. The fourth-order valence-corrected chi connectivity index (χ4v) is 4.57. The Hall–Kier alpha value is -0.630. The molecule has 1 saturated heterocycles. The number of hydrogen-bond donors (Lipinski definition) is 1. The van der Waals surface area contributed by atoms with Crippen molar-refractivity contribution in [1.29, 1.82) is 0 Å². The van der Waals surface area contributed by atoms with Gasteiger partial charge in [-0.05, 0) is 36.8 Å². The van der Waals surface area contributed by atoms with Gasteiger partial charge < -0.3 is 10.2 Å². The molecular formula is C19H32IN3OS. The van der Waals surface area contributed by atoms with Gasteiger partial charge in [0.1, 0.15) is 0 Å². The first-order chi connectivity index (χ1) is 11.6. The number of rotatable bonds is 6. The molecule has 1 heterocycles. The van der Waals surface area contributed by atoms with Crippen molar-refractivity contribution in [2.45, 2.75) is 44.4 Å². The molecular weight excluding hydrogens is 445 g/mol. The highest BCUT2D eigenvalue weighted by molar-refractivity contribution is 14.0. The summed E-state index contributed by atoms with van der Waals surface area (Å²) in [5.74, 6) is 1.55. The summed E-state index contributed by atoms with van der Waals surface area (Å²) in [6, 6.07) is 9.66. The number of nitrogens with zero attached hydrogens (tertiary/aromatic N) is 2. The van der Waals surface area contributed by atoms with E-state index < -0.39 is 10.8 Å². The van der Waals surface area contributed by atoms with Crippen LogP contribution in [0.5, 0.6) is 0 Å². The third kappa shape index (κ3) is 6.89. The average molecular weight is 477 g/mol. The van der Waals surface area contributed by atoms with Crippen molar-refractivity contribution in [3.63, 3.8) is 0 Å². The topological polar surface area (TPSA) is 44.7 Å². The molecule has 0 saturated carbocycles. The number of aliphatic imine (C=N–C) groups is 1. The Morgan fingerprint density at radius 1 is 1.36 bits per heavy atom. The van der Waals surface area contributed by atoms with Gasteiger partial charge >= 0.3 is 0 Å². The predicted molar refractivity (Wildman–Crippen MR) is 118 cm³/mol. The van der Waals surface area contributed by atoms with Crippen LogP contribution in [-0.2, 0) is 10.8 Å². The van der Waals surface area contributed by atoms with Gasteiger partial charge in [-0.1, -0.05) is 38.5 Å². The first-order valence-electron chi connectivity index (χ1n) is 8.97. The second-order valence-electron chi connectivity index (χ2n) is 6.92. The molecule has 6 heteroatoms. The van der Waals surface area contributed by atoms with E-state index >= 15 is 0 Å². The lowest BCUT2D eigenvalue weighted by molar-refractivity contribution is 0.143. The number of nitrogens with one attached hydrogen (secondary N) is 1. The number of halogens is 1. The van der Waals surface area contributed by atoms with E-state index in [0.29, 0.717) is 17.7 Å². The standard InChI is InChI=1S/C19H31N3OS.HI/c1-4-11-19(2)12-8-14-22(16-19)18(20-3)21-13-15-24(23)17-9-6-5-7-10-17;/h5-7,9-10H,4,8,11-16H2,1-3H3,(H,20,21);1H. The Labute approximate surface area is 172 Å². The van der Waals surface area contributed by atoms with E-state index in [0.717, 1.165) is 23.9 Å². The SMILES string of the molecule is CCCC1(C)CCCN(C(=NC)NCCS(=O)c2ccccc2)C1.I. The maximum absolute atomic E-state index is 12.3. The van der Waals surface area contributed by atoms with E-state index in [1.807, 2.05) is 37.4 Å². The summed E-state index contributed by atoms with van der Waals surface area (Å²) < 4.78 is 12.3. The van der Waals surface area contributed by atoms with Crippen LogP contribution >= 0.6 is 24.0 Å². The summed E-state index contributed by atoms with van der Waals surface area (Å²) >= 11 is 0. The Bertz CT molecular complexity index is 563. The lowest BCUT2D eigenvalue weighted by Gasteiger charge is -2.42. The second kappa shape index (κ2) is 11.2. The zero-order valence-electron chi connectivity index (χ0n) is 15.7. The van der Waals surface area contributed by atoms with Crippen molar-refractivity contribution in [3.05, 3.63) is 30.3 Å². The molecule has 1 aliphatic rings. The molecule has 0 aliphatic carbocycles. The fraction of sp³-hybridized carbons (Fsp3) is 0.632. The molecule has 2 unspecified atom stereocenters. The molecule has 0 spiro atoms. The van der Waals surface area contributed by atoms with E-state index in [2.05, 4.69) is 29.1 Å². The Kier molecular flexibility index (Phi) is 10.0. The maximum atomic E-state index is 12.3. The molecule has 1 fully saturated rings. The predicted octanol–water partition coefficient (Wildman–Crippen LogP) is 3.89. The quantitative estimate of drug-likeness (QED) is 0.384. The molecule has 1 N–H and O–H groups in total. The molecule has 1 aliphatic heterocycles. The van der Waals surface area contributed by atoms with Crippen LogP contribution in [0.1, 0.15) is 39.5 Å². The zero-order valence-corrected chi connectivity index (χ0v) is 18.8. The van der Waals surface area contributed by atoms with E-state index in [4.69, 9.17) is 0 Å². The number of hydrogen-bond acceptors (Lipinski definition) is 2. The molecule has 0 radical (unpaired) electrons. The largest absolute Gasteiger partial charge is 0.355 e. The summed E-state index contributed by atoms with van der Waals surface area (Å²) in [5.41, 5.74) is 0.386.